The van der Waals surface area contributed by atoms with Crippen molar-refractivity contribution in [2.45, 2.75) is 44.6 Å². The number of aromatic nitrogens is 4. The van der Waals surface area contributed by atoms with Gasteiger partial charge in [-0.05, 0) is 25.7 Å². The Bertz CT molecular complexity index is 614. The van der Waals surface area contributed by atoms with Gasteiger partial charge in [0.2, 0.25) is 5.92 Å². The normalized spacial score (nSPS) is 21.2. The minimum absolute atomic E-state index is 0.0423. The number of nitrogens with two attached hydrogens (primary N) is 1. The quantitative estimate of drug-likeness (QED) is 0.916. The molecule has 1 saturated carbocycles. The summed E-state index contributed by atoms with van der Waals surface area (Å²) in [6.07, 6.45) is 4.07. The number of rotatable bonds is 2. The molecule has 2 aromatic rings. The predicted molar refractivity (Wildman–Crippen MR) is 69.4 cm³/mol. The van der Waals surface area contributed by atoms with Crippen LogP contribution in [0.3, 0.4) is 0 Å². The Kier molecular flexibility index (Phi) is 3.16. The molecule has 1 aliphatic rings. The number of imidazole rings is 1. The summed E-state index contributed by atoms with van der Waals surface area (Å²) in [5.41, 5.74) is 7.64. The summed E-state index contributed by atoms with van der Waals surface area (Å²) in [5, 5.41) is 4.26. The third kappa shape index (κ3) is 2.49. The molecule has 2 N–H and O–H groups in total. The molecule has 0 aromatic carbocycles. The second-order valence-corrected chi connectivity index (χ2v) is 5.53. The molecule has 3 rings (SSSR count). The maximum atomic E-state index is 13.2. The highest BCUT2D eigenvalue weighted by molar-refractivity contribution is 5.29. The maximum absolute atomic E-state index is 13.2. The molecule has 0 spiro atoms. The Labute approximate surface area is 115 Å². The topological polar surface area (TPSA) is 69.1 Å². The van der Waals surface area contributed by atoms with Crippen molar-refractivity contribution in [2.75, 3.05) is 0 Å². The molecule has 1 atom stereocenters. The van der Waals surface area contributed by atoms with E-state index in [2.05, 4.69) is 15.1 Å². The molecule has 108 valence electrons. The van der Waals surface area contributed by atoms with Crippen molar-refractivity contribution >= 4 is 5.78 Å². The third-order valence-corrected chi connectivity index (χ3v) is 3.93. The molecule has 2 heterocycles. The van der Waals surface area contributed by atoms with Gasteiger partial charge in [-0.15, -0.1) is 0 Å². The van der Waals surface area contributed by atoms with Gasteiger partial charge in [-0.25, -0.2) is 23.3 Å². The maximum Gasteiger partial charge on any atom is 0.250 e. The van der Waals surface area contributed by atoms with Gasteiger partial charge in [-0.1, -0.05) is 0 Å². The van der Waals surface area contributed by atoms with E-state index in [0.717, 1.165) is 5.69 Å². The lowest BCUT2D eigenvalue weighted by Gasteiger charge is -2.31. The van der Waals surface area contributed by atoms with Crippen LogP contribution >= 0.6 is 0 Å². The molecule has 1 aliphatic carbocycles. The largest absolute Gasteiger partial charge is 0.322 e. The first-order chi connectivity index (χ1) is 9.44. The van der Waals surface area contributed by atoms with Gasteiger partial charge in [0.05, 0.1) is 29.8 Å². The summed E-state index contributed by atoms with van der Waals surface area (Å²) < 4.78 is 27.9. The van der Waals surface area contributed by atoms with Crippen molar-refractivity contribution in [3.8, 4) is 0 Å². The first-order valence-electron chi connectivity index (χ1n) is 6.77. The highest BCUT2D eigenvalue weighted by Crippen LogP contribution is 2.40. The van der Waals surface area contributed by atoms with Gasteiger partial charge in [0.25, 0.3) is 5.78 Å². The van der Waals surface area contributed by atoms with Crippen molar-refractivity contribution in [3.63, 3.8) is 0 Å². The van der Waals surface area contributed by atoms with E-state index in [1.54, 1.807) is 16.9 Å². The summed E-state index contributed by atoms with van der Waals surface area (Å²) in [6.45, 7) is 1.84. The van der Waals surface area contributed by atoms with Crippen LogP contribution < -0.4 is 5.73 Å². The summed E-state index contributed by atoms with van der Waals surface area (Å²) in [4.78, 5) is 8.51. The van der Waals surface area contributed by atoms with Gasteiger partial charge in [-0.2, -0.15) is 5.10 Å². The molecule has 2 aromatic heterocycles. The highest BCUT2D eigenvalue weighted by atomic mass is 19.3. The Morgan fingerprint density at radius 1 is 1.40 bits per heavy atom. The van der Waals surface area contributed by atoms with Gasteiger partial charge >= 0.3 is 0 Å². The molecule has 0 amide bonds. The van der Waals surface area contributed by atoms with Crippen LogP contribution in [0.1, 0.15) is 43.1 Å². The van der Waals surface area contributed by atoms with E-state index >= 15 is 0 Å². The van der Waals surface area contributed by atoms with Crippen LogP contribution in [-0.4, -0.2) is 25.5 Å². The second kappa shape index (κ2) is 4.73. The molecule has 1 fully saturated rings. The zero-order chi connectivity index (χ0) is 14.3. The lowest BCUT2D eigenvalue weighted by molar-refractivity contribution is -0.0484. The van der Waals surface area contributed by atoms with Crippen LogP contribution in [0.2, 0.25) is 0 Å². The second-order valence-electron chi connectivity index (χ2n) is 5.53. The van der Waals surface area contributed by atoms with E-state index in [-0.39, 0.29) is 24.8 Å². The lowest BCUT2D eigenvalue weighted by atomic mass is 9.81. The van der Waals surface area contributed by atoms with Crippen molar-refractivity contribution in [1.29, 1.82) is 0 Å². The van der Waals surface area contributed by atoms with E-state index in [4.69, 9.17) is 5.73 Å². The van der Waals surface area contributed by atoms with Crippen LogP contribution in [0.15, 0.2) is 12.4 Å². The molecule has 1 unspecified atom stereocenters. The van der Waals surface area contributed by atoms with Crippen molar-refractivity contribution in [3.05, 3.63) is 23.8 Å². The van der Waals surface area contributed by atoms with Gasteiger partial charge < -0.3 is 5.73 Å². The first-order valence-corrected chi connectivity index (χ1v) is 6.77. The Balaban J connectivity index is 1.80. The molecular formula is C13H17F2N5. The van der Waals surface area contributed by atoms with E-state index < -0.39 is 5.92 Å². The zero-order valence-electron chi connectivity index (χ0n) is 11.3. The number of aryl methyl sites for hydroxylation is 1. The predicted octanol–water partition coefficient (Wildman–Crippen LogP) is 2.26. The van der Waals surface area contributed by atoms with Gasteiger partial charge in [0.1, 0.15) is 0 Å². The fourth-order valence-corrected chi connectivity index (χ4v) is 2.71. The summed E-state index contributed by atoms with van der Waals surface area (Å²) in [7, 11) is 0. The summed E-state index contributed by atoms with van der Waals surface area (Å²) in [5.74, 6) is -2.00. The van der Waals surface area contributed by atoms with Gasteiger partial charge in [0.15, 0.2) is 0 Å². The average Bonchev–Trinajstić information content (AvgIpc) is 2.80. The van der Waals surface area contributed by atoms with Crippen LogP contribution in [0.4, 0.5) is 8.78 Å². The fraction of sp³-hybridized carbons (Fsp3) is 0.615. The smallest absolute Gasteiger partial charge is 0.250 e. The third-order valence-electron chi connectivity index (χ3n) is 3.93. The van der Waals surface area contributed by atoms with E-state index in [9.17, 15) is 8.78 Å². The summed E-state index contributed by atoms with van der Waals surface area (Å²) >= 11 is 0. The number of hydrogen-bond acceptors (Lipinski definition) is 4. The zero-order valence-corrected chi connectivity index (χ0v) is 11.3. The minimum Gasteiger partial charge on any atom is -0.322 e. The van der Waals surface area contributed by atoms with Crippen LogP contribution in [0, 0.1) is 12.8 Å². The molecule has 20 heavy (non-hydrogen) atoms. The first kappa shape index (κ1) is 13.4. The summed E-state index contributed by atoms with van der Waals surface area (Å²) in [6, 6.07) is -0.338. The number of alkyl halides is 2. The van der Waals surface area contributed by atoms with Gasteiger partial charge in [-0.3, -0.25) is 0 Å². The molecule has 0 radical (unpaired) electrons. The Hall–Kier alpha value is -1.63. The SMILES string of the molecule is Cc1cnc2nc(C(N)C3CCC(F)(F)CC3)cn2n1. The monoisotopic (exact) mass is 281 g/mol. The Morgan fingerprint density at radius 3 is 2.80 bits per heavy atom. The van der Waals surface area contributed by atoms with Crippen LogP contribution in [0.25, 0.3) is 5.78 Å². The van der Waals surface area contributed by atoms with Crippen LogP contribution in [-0.2, 0) is 0 Å². The number of fused-ring (bicyclic) bond motifs is 1. The number of hydrogen-bond donors (Lipinski definition) is 1. The molecule has 5 nitrogen and oxygen atoms in total. The fourth-order valence-electron chi connectivity index (χ4n) is 2.71. The van der Waals surface area contributed by atoms with E-state index in [0.29, 0.717) is 24.3 Å². The van der Waals surface area contributed by atoms with Crippen LogP contribution in [0.5, 0.6) is 0 Å². The standard InChI is InChI=1S/C13H17F2N5/c1-8-6-17-12-18-10(7-20(12)19-8)11(16)9-2-4-13(14,15)5-3-9/h6-7,9,11H,2-5,16H2,1H3. The van der Waals surface area contributed by atoms with E-state index in [1.807, 2.05) is 6.92 Å². The van der Waals surface area contributed by atoms with Crippen molar-refractivity contribution in [2.24, 2.45) is 11.7 Å². The van der Waals surface area contributed by atoms with Crippen molar-refractivity contribution < 1.29 is 8.78 Å². The highest BCUT2D eigenvalue weighted by Gasteiger charge is 2.37. The lowest BCUT2D eigenvalue weighted by Crippen LogP contribution is -2.31. The Morgan fingerprint density at radius 2 is 2.10 bits per heavy atom. The molecule has 7 heteroatoms. The van der Waals surface area contributed by atoms with Crippen molar-refractivity contribution in [1.82, 2.24) is 19.6 Å². The molecular weight excluding hydrogens is 264 g/mol. The van der Waals surface area contributed by atoms with E-state index in [1.165, 1.54) is 0 Å². The molecule has 0 saturated heterocycles. The minimum atomic E-state index is -2.53. The number of halogens is 2. The molecule has 0 bridgehead atoms. The van der Waals surface area contributed by atoms with Gasteiger partial charge in [0, 0.05) is 12.8 Å². The number of nitrogens with zero attached hydrogens (tertiary/aromatic N) is 4. The molecule has 0 aliphatic heterocycles. The average molecular weight is 281 g/mol.